The van der Waals surface area contributed by atoms with Crippen LogP contribution in [0.2, 0.25) is 0 Å². The summed E-state index contributed by atoms with van der Waals surface area (Å²) < 4.78 is 3.96. The van der Waals surface area contributed by atoms with Crippen molar-refractivity contribution in [3.05, 3.63) is 210 Å². The van der Waals surface area contributed by atoms with E-state index in [4.69, 9.17) is 0 Å². The van der Waals surface area contributed by atoms with Crippen molar-refractivity contribution in [2.24, 2.45) is 0 Å². The molecule has 282 valence electrons. The molecule has 0 radical (unpaired) electrons. The van der Waals surface area contributed by atoms with E-state index in [1.165, 1.54) is 78.7 Å². The third-order valence-electron chi connectivity index (χ3n) is 11.8. The van der Waals surface area contributed by atoms with Crippen molar-refractivity contribution in [1.82, 2.24) is 0 Å². The van der Waals surface area contributed by atoms with Crippen molar-refractivity contribution in [3.63, 3.8) is 0 Å². The third-order valence-corrected chi connectivity index (χ3v) is 14.2. The summed E-state index contributed by atoms with van der Waals surface area (Å²) in [7, 11) is 0. The van der Waals surface area contributed by atoms with Crippen LogP contribution in [0.1, 0.15) is 23.8 Å². The lowest BCUT2D eigenvalue weighted by molar-refractivity contribution is 0.899. The molecule has 2 heterocycles. The maximum absolute atomic E-state index is 4.38. The quantitative estimate of drug-likeness (QED) is 0.112. The van der Waals surface area contributed by atoms with Crippen LogP contribution in [0.15, 0.2) is 200 Å². The minimum Gasteiger partial charge on any atom is -0.314 e. The van der Waals surface area contributed by atoms with Gasteiger partial charge >= 0.3 is 0 Å². The van der Waals surface area contributed by atoms with Gasteiger partial charge in [0.15, 0.2) is 0 Å². The molecule has 0 N–H and O–H groups in total. The number of thiophene rings is 2. The Balaban J connectivity index is 1.18. The lowest BCUT2D eigenvalue weighted by atomic mass is 9.92. The SMILES string of the molecule is C=C/C(=C\C=C/C)N(C1=Cc2c(sc3ccccc23)CC1)c1cc2c3ccccc3c(N(c3ccccc3)c3ccc4sc5ccccc5c4c3)cc2c2ccccc12. The van der Waals surface area contributed by atoms with Gasteiger partial charge in [-0.15, -0.1) is 22.7 Å². The van der Waals surface area contributed by atoms with Crippen LogP contribution < -0.4 is 9.80 Å². The van der Waals surface area contributed by atoms with Gasteiger partial charge in [-0.2, -0.15) is 0 Å². The van der Waals surface area contributed by atoms with Crippen LogP contribution in [0.3, 0.4) is 0 Å². The zero-order chi connectivity index (χ0) is 39.5. The van der Waals surface area contributed by atoms with Crippen LogP contribution in [-0.2, 0) is 6.42 Å². The third kappa shape index (κ3) is 5.90. The lowest BCUT2D eigenvalue weighted by Crippen LogP contribution is -2.23. The van der Waals surface area contributed by atoms with Crippen molar-refractivity contribution < 1.29 is 0 Å². The summed E-state index contributed by atoms with van der Waals surface area (Å²) in [4.78, 5) is 6.39. The Bertz CT molecular complexity index is 3380. The summed E-state index contributed by atoms with van der Waals surface area (Å²) in [6.07, 6.45) is 12.8. The maximum Gasteiger partial charge on any atom is 0.0546 e. The monoisotopic (exact) mass is 792 g/mol. The number of aryl methyl sites for hydroxylation is 1. The van der Waals surface area contributed by atoms with Crippen molar-refractivity contribution in [2.75, 3.05) is 9.80 Å². The molecular formula is C55H40N2S2. The second-order valence-electron chi connectivity index (χ2n) is 15.2. The second kappa shape index (κ2) is 14.6. The molecule has 0 bridgehead atoms. The first kappa shape index (κ1) is 35.4. The van der Waals surface area contributed by atoms with Crippen molar-refractivity contribution in [3.8, 4) is 0 Å². The molecule has 2 aromatic heterocycles. The van der Waals surface area contributed by atoms with Crippen LogP contribution in [0, 0.1) is 0 Å². The fourth-order valence-electron chi connectivity index (χ4n) is 9.15. The average molecular weight is 793 g/mol. The predicted octanol–water partition coefficient (Wildman–Crippen LogP) is 16.6. The Morgan fingerprint density at radius 3 is 1.83 bits per heavy atom. The number of hydrogen-bond donors (Lipinski definition) is 0. The molecule has 11 rings (SSSR count). The zero-order valence-electron chi connectivity index (χ0n) is 32.7. The van der Waals surface area contributed by atoms with Crippen LogP contribution >= 0.6 is 22.7 Å². The van der Waals surface area contributed by atoms with Gasteiger partial charge < -0.3 is 9.80 Å². The molecule has 0 atom stereocenters. The summed E-state index contributed by atoms with van der Waals surface area (Å²) in [5.74, 6) is 0. The summed E-state index contributed by atoms with van der Waals surface area (Å²) >= 11 is 3.79. The smallest absolute Gasteiger partial charge is 0.0546 e. The molecule has 0 spiro atoms. The first-order valence-electron chi connectivity index (χ1n) is 20.3. The number of rotatable bonds is 8. The van der Waals surface area contributed by atoms with Gasteiger partial charge in [-0.05, 0) is 120 Å². The number of anilines is 4. The van der Waals surface area contributed by atoms with Gasteiger partial charge in [0.2, 0.25) is 0 Å². The van der Waals surface area contributed by atoms with E-state index in [9.17, 15) is 0 Å². The summed E-state index contributed by atoms with van der Waals surface area (Å²) in [5, 5.41) is 11.2. The molecule has 0 amide bonds. The van der Waals surface area contributed by atoms with Crippen LogP contribution in [-0.4, -0.2) is 0 Å². The van der Waals surface area contributed by atoms with E-state index >= 15 is 0 Å². The normalized spacial score (nSPS) is 13.2. The number of fused-ring (bicyclic) bond motifs is 11. The summed E-state index contributed by atoms with van der Waals surface area (Å²) in [6.45, 7) is 6.45. The molecule has 8 aromatic carbocycles. The Labute approximate surface area is 352 Å². The fourth-order valence-corrected chi connectivity index (χ4v) is 11.4. The van der Waals surface area contributed by atoms with Crippen LogP contribution in [0.4, 0.5) is 22.7 Å². The zero-order valence-corrected chi connectivity index (χ0v) is 34.4. The largest absolute Gasteiger partial charge is 0.314 e. The van der Waals surface area contributed by atoms with Crippen molar-refractivity contribution in [1.29, 1.82) is 0 Å². The van der Waals surface area contributed by atoms with Gasteiger partial charge in [0.25, 0.3) is 0 Å². The molecule has 10 aromatic rings. The highest BCUT2D eigenvalue weighted by atomic mass is 32.1. The van der Waals surface area contributed by atoms with Gasteiger partial charge in [-0.1, -0.05) is 122 Å². The minimum absolute atomic E-state index is 0.933. The lowest BCUT2D eigenvalue weighted by Gasteiger charge is -2.32. The number of nitrogens with zero attached hydrogens (tertiary/aromatic N) is 2. The number of allylic oxidation sites excluding steroid dienone is 5. The van der Waals surface area contributed by atoms with E-state index in [-0.39, 0.29) is 0 Å². The number of para-hydroxylation sites is 1. The average Bonchev–Trinajstić information content (AvgIpc) is 3.86. The van der Waals surface area contributed by atoms with Gasteiger partial charge in [0.05, 0.1) is 11.4 Å². The minimum atomic E-state index is 0.933. The van der Waals surface area contributed by atoms with E-state index in [1.54, 1.807) is 0 Å². The highest BCUT2D eigenvalue weighted by molar-refractivity contribution is 7.25. The van der Waals surface area contributed by atoms with Gasteiger partial charge in [0, 0.05) is 68.7 Å². The molecule has 0 saturated carbocycles. The second-order valence-corrected chi connectivity index (χ2v) is 17.4. The highest BCUT2D eigenvalue weighted by Crippen LogP contribution is 2.48. The molecule has 0 fully saturated rings. The molecule has 0 saturated heterocycles. The van der Waals surface area contributed by atoms with Crippen LogP contribution in [0.5, 0.6) is 0 Å². The van der Waals surface area contributed by atoms with Gasteiger partial charge in [-0.3, -0.25) is 0 Å². The first-order valence-corrected chi connectivity index (χ1v) is 21.9. The molecule has 4 heteroatoms. The van der Waals surface area contributed by atoms with E-state index in [2.05, 4.69) is 205 Å². The molecular weight excluding hydrogens is 753 g/mol. The first-order chi connectivity index (χ1) is 29.2. The summed E-state index contributed by atoms with van der Waals surface area (Å²) in [6, 6.07) is 58.2. The van der Waals surface area contributed by atoms with E-state index in [1.807, 2.05) is 28.7 Å². The number of hydrogen-bond acceptors (Lipinski definition) is 4. The molecule has 0 aliphatic heterocycles. The van der Waals surface area contributed by atoms with E-state index < -0.39 is 0 Å². The highest BCUT2D eigenvalue weighted by Gasteiger charge is 2.26. The molecule has 1 aliphatic carbocycles. The molecule has 1 aliphatic rings. The molecule has 0 unspecified atom stereocenters. The Morgan fingerprint density at radius 1 is 0.525 bits per heavy atom. The Hall–Kier alpha value is -6.72. The Morgan fingerprint density at radius 2 is 1.12 bits per heavy atom. The predicted molar refractivity (Wildman–Crippen MR) is 260 cm³/mol. The van der Waals surface area contributed by atoms with Gasteiger partial charge in [0.1, 0.15) is 0 Å². The standard InChI is InChI=1S/C55H40N2S2/c1-3-5-17-36(4-2)56(38-28-30-54-48(32-38)44-24-13-15-26-52(44)58-54)50-34-46-41-21-10-12-23-43(41)51(35-47(46)40-20-9-11-22-42(40)50)57(37-18-7-6-8-19-37)39-29-31-55-49(33-39)45-25-14-16-27-53(45)59-55/h3-27,29,31-35H,2,28,30H2,1H3/b5-3-,36-17+. The fraction of sp³-hybridized carbons (Fsp3) is 0.0545. The topological polar surface area (TPSA) is 6.48 Å². The van der Waals surface area contributed by atoms with E-state index in [0.717, 1.165) is 41.3 Å². The van der Waals surface area contributed by atoms with Crippen molar-refractivity contribution in [2.45, 2.75) is 19.8 Å². The van der Waals surface area contributed by atoms with Crippen LogP contribution in [0.25, 0.3) is 68.7 Å². The molecule has 59 heavy (non-hydrogen) atoms. The maximum atomic E-state index is 4.38. The number of benzene rings is 8. The van der Waals surface area contributed by atoms with Gasteiger partial charge in [-0.25, -0.2) is 0 Å². The van der Waals surface area contributed by atoms with Crippen molar-refractivity contribution >= 4 is 114 Å². The Kier molecular flexibility index (Phi) is 8.76. The summed E-state index contributed by atoms with van der Waals surface area (Å²) in [5.41, 5.74) is 8.24. The molecule has 2 nitrogen and oxygen atoms in total. The van der Waals surface area contributed by atoms with E-state index in [0.29, 0.717) is 0 Å².